The van der Waals surface area contributed by atoms with Crippen LogP contribution in [0.15, 0.2) is 0 Å². The topological polar surface area (TPSA) is 110 Å². The van der Waals surface area contributed by atoms with E-state index in [0.717, 1.165) is 0 Å². The van der Waals surface area contributed by atoms with Gasteiger partial charge in [-0.1, -0.05) is 0 Å². The normalized spacial score (nSPS) is 9.40. The van der Waals surface area contributed by atoms with Crippen LogP contribution in [0.4, 0.5) is 13.2 Å². The molecule has 0 amide bonds. The zero-order valence-electron chi connectivity index (χ0n) is 4.54. The van der Waals surface area contributed by atoms with E-state index in [1.54, 1.807) is 0 Å². The molecule has 0 saturated carbocycles. The summed E-state index contributed by atoms with van der Waals surface area (Å²) in [5, 5.41) is 0. The monoisotopic (exact) mass is 185 g/mol. The van der Waals surface area contributed by atoms with Crippen LogP contribution in [0.1, 0.15) is 0 Å². The highest BCUT2D eigenvalue weighted by Gasteiger charge is 1.86. The lowest BCUT2D eigenvalue weighted by atomic mass is 11.6. The summed E-state index contributed by atoms with van der Waals surface area (Å²) in [6.07, 6.45) is 0. The second-order valence-electron chi connectivity index (χ2n) is 0.695. The highest BCUT2D eigenvalue weighted by Crippen LogP contribution is 1.87. The molecule has 9 heteroatoms. The van der Waals surface area contributed by atoms with Gasteiger partial charge in [-0.25, -0.2) is 0 Å². The molecule has 0 fully saturated rings. The van der Waals surface area contributed by atoms with Crippen LogP contribution in [-0.2, 0) is 10.4 Å². The Hall–Kier alpha value is -0.380. The van der Waals surface area contributed by atoms with Gasteiger partial charge in [0.15, 0.2) is 0 Å². The van der Waals surface area contributed by atoms with Gasteiger partial charge in [-0.15, -0.1) is 0 Å². The molecular formula is CH6F3NO4S. The minimum absolute atomic E-state index is 0. The highest BCUT2D eigenvalue weighted by molar-refractivity contribution is 7.79. The van der Waals surface area contributed by atoms with Crippen molar-refractivity contribution in [3.05, 3.63) is 0 Å². The highest BCUT2D eigenvalue weighted by atomic mass is 32.3. The van der Waals surface area contributed by atoms with Crippen LogP contribution < -0.4 is 6.15 Å². The Morgan fingerprint density at radius 1 is 1.10 bits per heavy atom. The average molecular weight is 185 g/mol. The third-order valence-electron chi connectivity index (χ3n) is 0. The number of halogens is 3. The van der Waals surface area contributed by atoms with E-state index in [9.17, 15) is 13.2 Å². The van der Waals surface area contributed by atoms with Crippen LogP contribution >= 0.6 is 0 Å². The first-order chi connectivity index (χ1) is 3.73. The lowest BCUT2D eigenvalue weighted by Crippen LogP contribution is -1.89. The minimum atomic E-state index is -4.67. The number of alkyl halides is 3. The SMILES string of the molecule is FC(F)F.N.O=S(=O)(O)O. The smallest absolute Gasteiger partial charge is 0.344 e. The summed E-state index contributed by atoms with van der Waals surface area (Å²) >= 11 is 0. The lowest BCUT2D eigenvalue weighted by molar-refractivity contribution is 0.00819. The molecule has 0 saturated heterocycles. The van der Waals surface area contributed by atoms with Crippen LogP contribution in [-0.4, -0.2) is 24.2 Å². The maximum Gasteiger partial charge on any atom is 0.394 e. The van der Waals surface area contributed by atoms with E-state index in [-0.39, 0.29) is 6.15 Å². The zero-order valence-corrected chi connectivity index (χ0v) is 5.35. The van der Waals surface area contributed by atoms with E-state index in [2.05, 4.69) is 0 Å². The Balaban J connectivity index is -0.0000000910. The summed E-state index contributed by atoms with van der Waals surface area (Å²) in [4.78, 5) is 0. The predicted molar refractivity (Wildman–Crippen MR) is 26.3 cm³/mol. The molecule has 0 aromatic heterocycles. The van der Waals surface area contributed by atoms with Crippen molar-refractivity contribution in [3.8, 4) is 0 Å². The van der Waals surface area contributed by atoms with Crippen LogP contribution in [0.25, 0.3) is 0 Å². The Morgan fingerprint density at radius 3 is 1.10 bits per heavy atom. The van der Waals surface area contributed by atoms with Gasteiger partial charge in [0.05, 0.1) is 0 Å². The first-order valence-corrected chi connectivity index (χ1v) is 2.75. The van der Waals surface area contributed by atoms with Crippen molar-refractivity contribution in [2.45, 2.75) is 6.68 Å². The summed E-state index contributed by atoms with van der Waals surface area (Å²) in [6, 6.07) is 0. The number of hydrogen-bond acceptors (Lipinski definition) is 3. The summed E-state index contributed by atoms with van der Waals surface area (Å²) in [5.41, 5.74) is 0. The molecule has 5 nitrogen and oxygen atoms in total. The molecule has 10 heavy (non-hydrogen) atoms. The van der Waals surface area contributed by atoms with Gasteiger partial charge in [0, 0.05) is 0 Å². The maximum absolute atomic E-state index is 9.67. The summed E-state index contributed by atoms with van der Waals surface area (Å²) < 4.78 is 60.6. The third kappa shape index (κ3) is 2310. The molecule has 0 aliphatic rings. The van der Waals surface area contributed by atoms with Gasteiger partial charge < -0.3 is 6.15 Å². The summed E-state index contributed by atoms with van der Waals surface area (Å²) in [5.74, 6) is 0. The fraction of sp³-hybridized carbons (Fsp3) is 1.00. The Bertz CT molecular complexity index is 132. The molecule has 0 heterocycles. The van der Waals surface area contributed by atoms with Gasteiger partial charge in [0.25, 0.3) is 0 Å². The van der Waals surface area contributed by atoms with Crippen molar-refractivity contribution in [2.24, 2.45) is 0 Å². The van der Waals surface area contributed by atoms with Gasteiger partial charge in [0.2, 0.25) is 0 Å². The van der Waals surface area contributed by atoms with Crippen LogP contribution in [0.5, 0.6) is 0 Å². The van der Waals surface area contributed by atoms with E-state index in [1.165, 1.54) is 0 Å². The van der Waals surface area contributed by atoms with Gasteiger partial charge in [-0.05, 0) is 0 Å². The van der Waals surface area contributed by atoms with Crippen molar-refractivity contribution in [2.75, 3.05) is 0 Å². The van der Waals surface area contributed by atoms with Crippen LogP contribution in [0.3, 0.4) is 0 Å². The van der Waals surface area contributed by atoms with Crippen LogP contribution in [0.2, 0.25) is 0 Å². The molecule has 0 spiro atoms. The Labute approximate surface area is 55.0 Å². The number of hydrogen-bond donors (Lipinski definition) is 3. The molecule has 0 bridgehead atoms. The largest absolute Gasteiger partial charge is 0.394 e. The molecule has 5 N–H and O–H groups in total. The van der Waals surface area contributed by atoms with E-state index in [1.807, 2.05) is 0 Å². The first-order valence-electron chi connectivity index (χ1n) is 1.35. The van der Waals surface area contributed by atoms with Crippen molar-refractivity contribution in [1.29, 1.82) is 0 Å². The van der Waals surface area contributed by atoms with E-state index < -0.39 is 17.1 Å². The Kier molecular flexibility index (Phi) is 11.0. The summed E-state index contributed by atoms with van der Waals surface area (Å²) in [7, 11) is -4.67. The van der Waals surface area contributed by atoms with Gasteiger partial charge in [-0.2, -0.15) is 21.6 Å². The van der Waals surface area contributed by atoms with Gasteiger partial charge in [-0.3, -0.25) is 9.11 Å². The third-order valence-corrected chi connectivity index (χ3v) is 0. The zero-order chi connectivity index (χ0) is 8.08. The maximum atomic E-state index is 9.67. The standard InChI is InChI=1S/CHF3.H3N.H2O4S/c2-1(3)4;;1-5(2,3)4/h1H;1H3;(H2,1,2,3,4). The fourth-order valence-corrected chi connectivity index (χ4v) is 0. The molecule has 0 rings (SSSR count). The van der Waals surface area contributed by atoms with Gasteiger partial charge in [0.1, 0.15) is 0 Å². The quantitative estimate of drug-likeness (QED) is 0.481. The number of rotatable bonds is 0. The van der Waals surface area contributed by atoms with Crippen molar-refractivity contribution in [3.63, 3.8) is 0 Å². The molecular weight excluding hydrogens is 179 g/mol. The second kappa shape index (κ2) is 6.74. The fourth-order valence-electron chi connectivity index (χ4n) is 0. The molecule has 0 atom stereocenters. The van der Waals surface area contributed by atoms with Crippen LogP contribution in [0, 0.1) is 0 Å². The Morgan fingerprint density at radius 2 is 1.10 bits per heavy atom. The van der Waals surface area contributed by atoms with Gasteiger partial charge >= 0.3 is 17.1 Å². The molecule has 66 valence electrons. The molecule has 0 radical (unpaired) electrons. The second-order valence-corrected chi connectivity index (χ2v) is 1.59. The predicted octanol–water partition coefficient (Wildman–Crippen LogP) is 0.688. The van der Waals surface area contributed by atoms with Crippen molar-refractivity contribution < 1.29 is 30.7 Å². The minimum Gasteiger partial charge on any atom is -0.344 e. The van der Waals surface area contributed by atoms with Crippen molar-refractivity contribution in [1.82, 2.24) is 6.15 Å². The van der Waals surface area contributed by atoms with E-state index in [0.29, 0.717) is 0 Å². The molecule has 0 aromatic rings. The first kappa shape index (κ1) is 16.3. The van der Waals surface area contributed by atoms with Crippen molar-refractivity contribution >= 4 is 10.4 Å². The molecule has 0 aliphatic heterocycles. The lowest BCUT2D eigenvalue weighted by Gasteiger charge is -1.68. The molecule has 0 aliphatic carbocycles. The van der Waals surface area contributed by atoms with E-state index >= 15 is 0 Å². The summed E-state index contributed by atoms with van der Waals surface area (Å²) in [6.45, 7) is -3.67. The molecule has 0 unspecified atom stereocenters. The average Bonchev–Trinajstić information content (AvgIpc) is 1.19. The van der Waals surface area contributed by atoms with E-state index in [4.69, 9.17) is 17.5 Å². The molecule has 0 aromatic carbocycles.